The van der Waals surface area contributed by atoms with Crippen molar-refractivity contribution in [1.29, 1.82) is 0 Å². The van der Waals surface area contributed by atoms with Crippen molar-refractivity contribution in [2.75, 3.05) is 26.2 Å². The first-order chi connectivity index (χ1) is 8.72. The van der Waals surface area contributed by atoms with Gasteiger partial charge in [0, 0.05) is 31.4 Å². The first-order valence-electron chi connectivity index (χ1n) is 7.42. The Morgan fingerprint density at radius 2 is 1.83 bits per heavy atom. The summed E-state index contributed by atoms with van der Waals surface area (Å²) in [5, 5.41) is 1.69. The third-order valence-corrected chi connectivity index (χ3v) is 2.98. The summed E-state index contributed by atoms with van der Waals surface area (Å²) in [6.45, 7) is 10.5. The minimum atomic E-state index is 0.865. The molecule has 0 amide bonds. The second kappa shape index (κ2) is 11.4. The lowest BCUT2D eigenvalue weighted by Crippen LogP contribution is -2.32. The quantitative estimate of drug-likeness (QED) is 0.565. The van der Waals surface area contributed by atoms with E-state index in [1.807, 2.05) is 20.0 Å². The van der Waals surface area contributed by atoms with Crippen molar-refractivity contribution >= 4 is 0 Å². The van der Waals surface area contributed by atoms with Crippen LogP contribution in [0.5, 0.6) is 0 Å². The molecule has 0 spiro atoms. The number of nitrogens with zero attached hydrogens (tertiary/aromatic N) is 2. The van der Waals surface area contributed by atoms with E-state index in [0.717, 1.165) is 31.6 Å². The molecule has 0 aliphatic carbocycles. The summed E-state index contributed by atoms with van der Waals surface area (Å²) in [4.78, 5) is 2.49. The molecule has 4 heteroatoms. The van der Waals surface area contributed by atoms with Crippen LogP contribution in [0, 0.1) is 0 Å². The molecule has 0 radical (unpaired) electrons. The maximum absolute atomic E-state index is 5.93. The van der Waals surface area contributed by atoms with Gasteiger partial charge in [-0.15, -0.1) is 0 Å². The molecular formula is C14H32N4. The monoisotopic (exact) mass is 256 g/mol. The highest BCUT2D eigenvalue weighted by molar-refractivity contribution is 4.95. The second-order valence-corrected chi connectivity index (χ2v) is 4.59. The molecule has 1 aliphatic rings. The van der Waals surface area contributed by atoms with Gasteiger partial charge in [-0.3, -0.25) is 0 Å². The summed E-state index contributed by atoms with van der Waals surface area (Å²) >= 11 is 0. The fourth-order valence-corrected chi connectivity index (χ4v) is 2.07. The molecule has 4 nitrogen and oxygen atoms in total. The molecule has 0 atom stereocenters. The predicted molar refractivity (Wildman–Crippen MR) is 79.7 cm³/mol. The molecule has 0 aromatic rings. The van der Waals surface area contributed by atoms with E-state index in [4.69, 9.17) is 11.6 Å². The van der Waals surface area contributed by atoms with Crippen molar-refractivity contribution in [2.24, 2.45) is 11.6 Å². The van der Waals surface area contributed by atoms with Crippen LogP contribution in [0.4, 0.5) is 0 Å². The minimum Gasteiger partial charge on any atom is -0.401 e. The van der Waals surface area contributed by atoms with Gasteiger partial charge in [-0.1, -0.05) is 27.2 Å². The van der Waals surface area contributed by atoms with Gasteiger partial charge in [-0.25, -0.2) is 5.84 Å². The average molecular weight is 256 g/mol. The van der Waals surface area contributed by atoms with E-state index in [2.05, 4.69) is 11.8 Å². The van der Waals surface area contributed by atoms with Gasteiger partial charge in [0.05, 0.1) is 0 Å². The number of piperidine rings is 1. The summed E-state index contributed by atoms with van der Waals surface area (Å²) in [5.74, 6) is 5.76. The lowest BCUT2D eigenvalue weighted by atomic mass is 10.1. The van der Waals surface area contributed by atoms with Crippen molar-refractivity contribution in [2.45, 2.75) is 52.9 Å². The topological polar surface area (TPSA) is 58.5 Å². The second-order valence-electron chi connectivity index (χ2n) is 4.59. The molecule has 0 aromatic carbocycles. The Labute approximate surface area is 113 Å². The van der Waals surface area contributed by atoms with Crippen LogP contribution in [0.25, 0.3) is 0 Å². The average Bonchev–Trinajstić information content (AvgIpc) is 2.40. The molecule has 108 valence electrons. The Bertz CT molecular complexity index is 210. The molecular weight excluding hydrogens is 224 g/mol. The van der Waals surface area contributed by atoms with Crippen molar-refractivity contribution < 1.29 is 0 Å². The third-order valence-electron chi connectivity index (χ3n) is 2.98. The summed E-state index contributed by atoms with van der Waals surface area (Å²) in [5.41, 5.74) is 6.83. The van der Waals surface area contributed by atoms with Crippen LogP contribution in [0.3, 0.4) is 0 Å². The summed E-state index contributed by atoms with van der Waals surface area (Å²) in [6, 6.07) is 0. The molecule has 0 aromatic heterocycles. The van der Waals surface area contributed by atoms with Gasteiger partial charge in [0.25, 0.3) is 0 Å². The van der Waals surface area contributed by atoms with E-state index in [1.165, 1.54) is 32.4 Å². The van der Waals surface area contributed by atoms with Crippen LogP contribution in [-0.2, 0) is 0 Å². The van der Waals surface area contributed by atoms with Crippen molar-refractivity contribution in [3.8, 4) is 0 Å². The number of hydrogen-bond donors (Lipinski definition) is 2. The summed E-state index contributed by atoms with van der Waals surface area (Å²) < 4.78 is 0. The molecule has 1 fully saturated rings. The Morgan fingerprint density at radius 3 is 2.39 bits per heavy atom. The summed E-state index contributed by atoms with van der Waals surface area (Å²) in [7, 11) is 0. The normalized spacial score (nSPS) is 17.0. The number of rotatable bonds is 6. The smallest absolute Gasteiger partial charge is 0.0343 e. The van der Waals surface area contributed by atoms with Crippen LogP contribution in [0.1, 0.15) is 52.9 Å². The Balaban J connectivity index is 0.00000137. The lowest BCUT2D eigenvalue weighted by Gasteiger charge is -2.26. The zero-order chi connectivity index (χ0) is 13.8. The molecule has 0 saturated carbocycles. The Kier molecular flexibility index (Phi) is 10.9. The highest BCUT2D eigenvalue weighted by Crippen LogP contribution is 2.09. The standard InChI is InChI=1S/C12H26N4.C2H6/c1-2-7-16(14)11-12(13)6-10-15-8-4-3-5-9-15;1-2/h11H,2-10,13-14H2,1H3;1-2H3/b12-11-;. The first-order valence-corrected chi connectivity index (χ1v) is 7.42. The van der Waals surface area contributed by atoms with Gasteiger partial charge in [0.2, 0.25) is 0 Å². The molecule has 1 saturated heterocycles. The van der Waals surface area contributed by atoms with Crippen molar-refractivity contribution in [3.05, 3.63) is 11.9 Å². The first kappa shape index (κ1) is 17.3. The molecule has 1 aliphatic heterocycles. The van der Waals surface area contributed by atoms with Crippen molar-refractivity contribution in [1.82, 2.24) is 9.91 Å². The minimum absolute atomic E-state index is 0.865. The molecule has 0 unspecified atom stereocenters. The Hall–Kier alpha value is -0.740. The van der Waals surface area contributed by atoms with Gasteiger partial charge in [-0.05, 0) is 32.4 Å². The largest absolute Gasteiger partial charge is 0.401 e. The zero-order valence-corrected chi connectivity index (χ0v) is 12.5. The van der Waals surface area contributed by atoms with Crippen LogP contribution >= 0.6 is 0 Å². The zero-order valence-electron chi connectivity index (χ0n) is 12.5. The number of hydrogen-bond acceptors (Lipinski definition) is 4. The number of likely N-dealkylation sites (tertiary alicyclic amines) is 1. The van der Waals surface area contributed by atoms with E-state index >= 15 is 0 Å². The van der Waals surface area contributed by atoms with E-state index in [0.29, 0.717) is 0 Å². The van der Waals surface area contributed by atoms with Gasteiger partial charge < -0.3 is 15.6 Å². The van der Waals surface area contributed by atoms with E-state index < -0.39 is 0 Å². The SMILES string of the molecule is CC.CCCN(N)/C=C(\N)CCN1CCCCC1. The van der Waals surface area contributed by atoms with Gasteiger partial charge >= 0.3 is 0 Å². The highest BCUT2D eigenvalue weighted by Gasteiger charge is 2.09. The van der Waals surface area contributed by atoms with Gasteiger partial charge in [0.1, 0.15) is 0 Å². The van der Waals surface area contributed by atoms with E-state index in [9.17, 15) is 0 Å². The lowest BCUT2D eigenvalue weighted by molar-refractivity contribution is 0.230. The summed E-state index contributed by atoms with van der Waals surface area (Å²) in [6.07, 6.45) is 7.90. The molecule has 1 rings (SSSR count). The van der Waals surface area contributed by atoms with Crippen LogP contribution < -0.4 is 11.6 Å². The molecule has 4 N–H and O–H groups in total. The van der Waals surface area contributed by atoms with E-state index in [-0.39, 0.29) is 0 Å². The van der Waals surface area contributed by atoms with E-state index in [1.54, 1.807) is 5.01 Å². The molecule has 0 bridgehead atoms. The van der Waals surface area contributed by atoms with Crippen molar-refractivity contribution in [3.63, 3.8) is 0 Å². The number of nitrogens with two attached hydrogens (primary N) is 2. The predicted octanol–water partition coefficient (Wildman–Crippen LogP) is 2.27. The van der Waals surface area contributed by atoms with Crippen LogP contribution in [0.2, 0.25) is 0 Å². The fourth-order valence-electron chi connectivity index (χ4n) is 2.07. The van der Waals surface area contributed by atoms with Gasteiger partial charge in [-0.2, -0.15) is 0 Å². The third kappa shape index (κ3) is 8.37. The maximum Gasteiger partial charge on any atom is 0.0343 e. The Morgan fingerprint density at radius 1 is 1.22 bits per heavy atom. The highest BCUT2D eigenvalue weighted by atomic mass is 15.4. The van der Waals surface area contributed by atoms with Gasteiger partial charge in [0.15, 0.2) is 0 Å². The molecule has 1 heterocycles. The number of hydrazine groups is 1. The van der Waals surface area contributed by atoms with Crippen LogP contribution in [0.15, 0.2) is 11.9 Å². The van der Waals surface area contributed by atoms with Crippen LogP contribution in [-0.4, -0.2) is 36.1 Å². The molecule has 18 heavy (non-hydrogen) atoms. The fraction of sp³-hybridized carbons (Fsp3) is 0.857. The maximum atomic E-state index is 5.93.